The highest BCUT2D eigenvalue weighted by atomic mass is 35.5. The molecule has 0 spiro atoms. The second kappa shape index (κ2) is 11.2. The molecule has 0 atom stereocenters. The van der Waals surface area contributed by atoms with Gasteiger partial charge in [-0.25, -0.2) is 0 Å². The minimum Gasteiger partial charge on any atom is -0.507 e. The Bertz CT molecular complexity index is 1060. The number of aryl methyl sites for hydroxylation is 1. The van der Waals surface area contributed by atoms with Crippen LogP contribution in [0.1, 0.15) is 61.4 Å². The van der Waals surface area contributed by atoms with Gasteiger partial charge in [0.25, 0.3) is 5.91 Å². The number of nitrogens with one attached hydrogen (secondary N) is 1. The molecule has 3 N–H and O–H groups in total. The van der Waals surface area contributed by atoms with Crippen LogP contribution < -0.4 is 10.1 Å². The average Bonchev–Trinajstić information content (AvgIpc) is 2.78. The molecule has 2 amide bonds. The molecule has 1 aliphatic rings. The van der Waals surface area contributed by atoms with Gasteiger partial charge in [-0.15, -0.1) is 0 Å². The number of anilines is 1. The summed E-state index contributed by atoms with van der Waals surface area (Å²) in [5.74, 6) is -1.61. The lowest BCUT2D eigenvalue weighted by molar-refractivity contribution is -0.139. The summed E-state index contributed by atoms with van der Waals surface area (Å²) in [7, 11) is 0. The molecule has 1 saturated carbocycles. The van der Waals surface area contributed by atoms with Gasteiger partial charge in [-0.3, -0.25) is 14.4 Å². The number of nitrogens with zero attached hydrogens (tertiary/aromatic N) is 1. The van der Waals surface area contributed by atoms with E-state index >= 15 is 0 Å². The quantitative estimate of drug-likeness (QED) is 0.431. The zero-order chi connectivity index (χ0) is 24.8. The monoisotopic (exact) mass is 488 g/mol. The van der Waals surface area contributed by atoms with E-state index in [-0.39, 0.29) is 28.3 Å². The fourth-order valence-electron chi connectivity index (χ4n) is 4.26. The number of carboxylic acid groups (broad SMARTS) is 1. The van der Waals surface area contributed by atoms with Crippen LogP contribution in [0.25, 0.3) is 0 Å². The van der Waals surface area contributed by atoms with Gasteiger partial charge in [0.05, 0.1) is 10.6 Å². The van der Waals surface area contributed by atoms with Crippen LogP contribution in [0.4, 0.5) is 5.69 Å². The van der Waals surface area contributed by atoms with Crippen LogP contribution in [0, 0.1) is 6.92 Å². The predicted octanol–water partition coefficient (Wildman–Crippen LogP) is 5.35. The SMILES string of the molecule is CCN(C(=O)c1cc(Oc2c(C)cc(NC(=O)CC(=O)O)cc2Cl)ccc1O)C1CCCCC1. The van der Waals surface area contributed by atoms with Crippen LogP contribution in [0.5, 0.6) is 17.2 Å². The number of hydrogen-bond acceptors (Lipinski definition) is 5. The summed E-state index contributed by atoms with van der Waals surface area (Å²) in [6.07, 6.45) is 4.62. The third-order valence-corrected chi connectivity index (χ3v) is 6.14. The number of aromatic hydroxyl groups is 1. The van der Waals surface area contributed by atoms with E-state index in [4.69, 9.17) is 21.4 Å². The van der Waals surface area contributed by atoms with Crippen LogP contribution in [0.3, 0.4) is 0 Å². The number of halogens is 1. The summed E-state index contributed by atoms with van der Waals surface area (Å²) in [4.78, 5) is 37.5. The molecular weight excluding hydrogens is 460 g/mol. The molecule has 9 heteroatoms. The molecule has 182 valence electrons. The number of ether oxygens (including phenoxy) is 1. The Morgan fingerprint density at radius 1 is 1.15 bits per heavy atom. The zero-order valence-electron chi connectivity index (χ0n) is 19.3. The number of hydrogen-bond donors (Lipinski definition) is 3. The van der Waals surface area contributed by atoms with Crippen LogP contribution >= 0.6 is 11.6 Å². The standard InChI is InChI=1S/C25H29ClN2O6/c1-3-28(17-7-5-4-6-8-17)25(33)19-13-18(9-10-21(19)29)34-24-15(2)11-16(12-20(24)26)27-22(30)14-23(31)32/h9-13,17,29H,3-8,14H2,1-2H3,(H,27,30)(H,31,32). The van der Waals surface area contributed by atoms with Crippen molar-refractivity contribution < 1.29 is 29.3 Å². The van der Waals surface area contributed by atoms with Gasteiger partial charge in [0.15, 0.2) is 0 Å². The molecule has 0 aromatic heterocycles. The van der Waals surface area contributed by atoms with E-state index in [1.807, 2.05) is 11.8 Å². The first kappa shape index (κ1) is 25.4. The van der Waals surface area contributed by atoms with Crippen molar-refractivity contribution in [1.82, 2.24) is 4.90 Å². The Morgan fingerprint density at radius 2 is 1.85 bits per heavy atom. The molecule has 1 fully saturated rings. The van der Waals surface area contributed by atoms with E-state index in [0.29, 0.717) is 29.3 Å². The number of carbonyl (C=O) groups is 3. The maximum atomic E-state index is 13.3. The van der Waals surface area contributed by atoms with E-state index in [1.54, 1.807) is 19.1 Å². The molecule has 3 rings (SSSR count). The largest absolute Gasteiger partial charge is 0.507 e. The molecule has 0 heterocycles. The number of aliphatic carboxylic acids is 1. The van der Waals surface area contributed by atoms with Gasteiger partial charge in [0.2, 0.25) is 5.91 Å². The van der Waals surface area contributed by atoms with Crippen LogP contribution in [-0.4, -0.2) is 45.5 Å². The third kappa shape index (κ3) is 6.20. The first-order chi connectivity index (χ1) is 16.2. The smallest absolute Gasteiger partial charge is 0.312 e. The van der Waals surface area contributed by atoms with Gasteiger partial charge in [0, 0.05) is 18.3 Å². The van der Waals surface area contributed by atoms with Crippen molar-refractivity contribution >= 4 is 35.1 Å². The Morgan fingerprint density at radius 3 is 2.47 bits per heavy atom. The van der Waals surface area contributed by atoms with Crippen molar-refractivity contribution in [2.24, 2.45) is 0 Å². The number of rotatable bonds is 8. The maximum absolute atomic E-state index is 13.3. The number of amides is 2. The molecule has 34 heavy (non-hydrogen) atoms. The van der Waals surface area contributed by atoms with Crippen molar-refractivity contribution in [2.75, 3.05) is 11.9 Å². The van der Waals surface area contributed by atoms with E-state index in [9.17, 15) is 19.5 Å². The second-order valence-corrected chi connectivity index (χ2v) is 8.79. The molecule has 1 aliphatic carbocycles. The van der Waals surface area contributed by atoms with E-state index in [1.165, 1.54) is 24.6 Å². The van der Waals surface area contributed by atoms with Gasteiger partial charge in [0.1, 0.15) is 23.7 Å². The molecule has 2 aromatic carbocycles. The first-order valence-corrected chi connectivity index (χ1v) is 11.7. The van der Waals surface area contributed by atoms with Crippen LogP contribution in [0.15, 0.2) is 30.3 Å². The van der Waals surface area contributed by atoms with E-state index in [2.05, 4.69) is 5.32 Å². The Labute approximate surface area is 203 Å². The highest BCUT2D eigenvalue weighted by Gasteiger charge is 2.27. The summed E-state index contributed by atoms with van der Waals surface area (Å²) in [5.41, 5.74) is 1.10. The van der Waals surface area contributed by atoms with E-state index < -0.39 is 18.3 Å². The fourth-order valence-corrected chi connectivity index (χ4v) is 4.56. The lowest BCUT2D eigenvalue weighted by atomic mass is 9.93. The minimum atomic E-state index is -1.23. The predicted molar refractivity (Wildman–Crippen MR) is 129 cm³/mol. The van der Waals surface area contributed by atoms with Crippen molar-refractivity contribution in [3.8, 4) is 17.2 Å². The number of carbonyl (C=O) groups excluding carboxylic acids is 2. The molecule has 0 aliphatic heterocycles. The Balaban J connectivity index is 1.81. The van der Waals surface area contributed by atoms with Crippen molar-refractivity contribution in [2.45, 2.75) is 58.4 Å². The van der Waals surface area contributed by atoms with Gasteiger partial charge < -0.3 is 25.2 Å². The summed E-state index contributed by atoms with van der Waals surface area (Å²) in [6.45, 7) is 4.21. The number of phenols is 1. The number of phenolic OH excluding ortho intramolecular Hbond substituents is 1. The van der Waals surface area contributed by atoms with Gasteiger partial charge >= 0.3 is 5.97 Å². The first-order valence-electron chi connectivity index (χ1n) is 11.3. The highest BCUT2D eigenvalue weighted by molar-refractivity contribution is 6.32. The third-order valence-electron chi connectivity index (χ3n) is 5.86. The summed E-state index contributed by atoms with van der Waals surface area (Å²) in [5, 5.41) is 21.8. The molecule has 0 radical (unpaired) electrons. The van der Waals surface area contributed by atoms with Crippen molar-refractivity contribution in [1.29, 1.82) is 0 Å². The lowest BCUT2D eigenvalue weighted by Gasteiger charge is -2.33. The number of carboxylic acids is 1. The molecule has 0 unspecified atom stereocenters. The van der Waals surface area contributed by atoms with Crippen LogP contribution in [0.2, 0.25) is 5.02 Å². The summed E-state index contributed by atoms with van der Waals surface area (Å²) in [6, 6.07) is 7.69. The van der Waals surface area contributed by atoms with Crippen LogP contribution in [-0.2, 0) is 9.59 Å². The van der Waals surface area contributed by atoms with Gasteiger partial charge in [-0.2, -0.15) is 0 Å². The second-order valence-electron chi connectivity index (χ2n) is 8.39. The summed E-state index contributed by atoms with van der Waals surface area (Å²) >= 11 is 6.36. The molecule has 0 saturated heterocycles. The number of benzene rings is 2. The maximum Gasteiger partial charge on any atom is 0.312 e. The topological polar surface area (TPSA) is 116 Å². The van der Waals surface area contributed by atoms with E-state index in [0.717, 1.165) is 25.7 Å². The van der Waals surface area contributed by atoms with Gasteiger partial charge in [-0.05, 0) is 62.6 Å². The summed E-state index contributed by atoms with van der Waals surface area (Å²) < 4.78 is 5.95. The Hall–Kier alpha value is -3.26. The zero-order valence-corrected chi connectivity index (χ0v) is 20.0. The Kier molecular flexibility index (Phi) is 8.39. The molecule has 8 nitrogen and oxygen atoms in total. The molecule has 2 aromatic rings. The highest BCUT2D eigenvalue weighted by Crippen LogP contribution is 2.37. The average molecular weight is 489 g/mol. The van der Waals surface area contributed by atoms with Gasteiger partial charge in [-0.1, -0.05) is 30.9 Å². The fraction of sp³-hybridized carbons (Fsp3) is 0.400. The van der Waals surface area contributed by atoms with Crippen molar-refractivity contribution in [3.63, 3.8) is 0 Å². The molecule has 0 bridgehead atoms. The minimum absolute atomic E-state index is 0.120. The normalized spacial score (nSPS) is 13.9. The lowest BCUT2D eigenvalue weighted by Crippen LogP contribution is -2.41. The van der Waals surface area contributed by atoms with Crippen molar-refractivity contribution in [3.05, 3.63) is 46.5 Å². The molecular formula is C25H29ClN2O6.